The standard InChI is InChI=1S/C30H34O4/c1-3-28(34-19-33-2)26-11-8-21(5-4-20-6-9-25(10-7-20)29(31)32)15-27(26)30-16-22-12-23(17-30)14-24(13-22)18-30/h6-11,15,22-24,28H,3,12-14,16-19H2,1-2H3,(H,31,32). The number of hydrogen-bond acceptors (Lipinski definition) is 3. The summed E-state index contributed by atoms with van der Waals surface area (Å²) in [6, 6.07) is 13.4. The summed E-state index contributed by atoms with van der Waals surface area (Å²) in [6.07, 6.45) is 9.05. The summed E-state index contributed by atoms with van der Waals surface area (Å²) in [6.45, 7) is 2.48. The molecule has 4 aliphatic rings. The van der Waals surface area contributed by atoms with Gasteiger partial charge in [0.25, 0.3) is 0 Å². The molecule has 0 amide bonds. The molecule has 1 unspecified atom stereocenters. The minimum Gasteiger partial charge on any atom is -0.478 e. The second kappa shape index (κ2) is 9.56. The Hall–Kier alpha value is -2.61. The number of carbonyl (C=O) groups is 1. The van der Waals surface area contributed by atoms with Crippen molar-refractivity contribution in [3.05, 3.63) is 70.3 Å². The number of methoxy groups -OCH3 is 1. The molecular formula is C30H34O4. The Morgan fingerprint density at radius 3 is 2.15 bits per heavy atom. The highest BCUT2D eigenvalue weighted by Gasteiger charge is 2.52. The van der Waals surface area contributed by atoms with Crippen molar-refractivity contribution in [2.24, 2.45) is 17.8 Å². The fraction of sp³-hybridized carbons (Fsp3) is 0.500. The third kappa shape index (κ3) is 4.52. The lowest BCUT2D eigenvalue weighted by molar-refractivity contribution is -0.0759. The number of carboxylic acids is 1. The summed E-state index contributed by atoms with van der Waals surface area (Å²) in [5.41, 5.74) is 5.11. The second-order valence-electron chi connectivity index (χ2n) is 10.6. The van der Waals surface area contributed by atoms with Crippen molar-refractivity contribution < 1.29 is 19.4 Å². The molecule has 6 rings (SSSR count). The van der Waals surface area contributed by atoms with Crippen molar-refractivity contribution in [3.63, 3.8) is 0 Å². The predicted octanol–water partition coefficient (Wildman–Crippen LogP) is 6.32. The van der Waals surface area contributed by atoms with E-state index in [1.807, 2.05) is 0 Å². The van der Waals surface area contributed by atoms with Gasteiger partial charge < -0.3 is 14.6 Å². The van der Waals surface area contributed by atoms with E-state index in [4.69, 9.17) is 14.6 Å². The third-order valence-electron chi connectivity index (χ3n) is 8.25. The fourth-order valence-corrected chi connectivity index (χ4v) is 7.23. The van der Waals surface area contributed by atoms with Gasteiger partial charge in [-0.2, -0.15) is 0 Å². The molecule has 4 saturated carbocycles. The first kappa shape index (κ1) is 23.1. The molecule has 4 nitrogen and oxygen atoms in total. The predicted molar refractivity (Wildman–Crippen MR) is 132 cm³/mol. The van der Waals surface area contributed by atoms with E-state index < -0.39 is 5.97 Å². The lowest BCUT2D eigenvalue weighted by atomic mass is 9.47. The van der Waals surface area contributed by atoms with Crippen molar-refractivity contribution in [3.8, 4) is 11.8 Å². The molecule has 4 heteroatoms. The summed E-state index contributed by atoms with van der Waals surface area (Å²) >= 11 is 0. The highest BCUT2D eigenvalue weighted by molar-refractivity contribution is 5.87. The molecule has 0 aromatic heterocycles. The van der Waals surface area contributed by atoms with E-state index in [1.165, 1.54) is 49.7 Å². The van der Waals surface area contributed by atoms with Crippen LogP contribution in [0, 0.1) is 29.6 Å². The molecule has 4 fully saturated rings. The van der Waals surface area contributed by atoms with Crippen molar-refractivity contribution in [2.45, 2.75) is 63.4 Å². The fourth-order valence-electron chi connectivity index (χ4n) is 7.23. The molecule has 1 atom stereocenters. The van der Waals surface area contributed by atoms with Gasteiger partial charge in [-0.3, -0.25) is 0 Å². The van der Waals surface area contributed by atoms with Gasteiger partial charge in [-0.1, -0.05) is 24.8 Å². The van der Waals surface area contributed by atoms with Gasteiger partial charge in [0.05, 0.1) is 11.7 Å². The van der Waals surface area contributed by atoms with E-state index in [2.05, 4.69) is 37.0 Å². The van der Waals surface area contributed by atoms with E-state index in [9.17, 15) is 4.79 Å². The zero-order valence-corrected chi connectivity index (χ0v) is 20.2. The zero-order chi connectivity index (χ0) is 23.7. The van der Waals surface area contributed by atoms with Crippen molar-refractivity contribution in [1.82, 2.24) is 0 Å². The molecule has 0 heterocycles. The van der Waals surface area contributed by atoms with Crippen LogP contribution < -0.4 is 0 Å². The molecule has 0 spiro atoms. The Bertz CT molecular complexity index is 1070. The molecule has 1 N–H and O–H groups in total. The lowest BCUT2D eigenvalue weighted by Gasteiger charge is -2.57. The second-order valence-corrected chi connectivity index (χ2v) is 10.6. The first-order chi connectivity index (χ1) is 16.5. The summed E-state index contributed by atoms with van der Waals surface area (Å²) < 4.78 is 11.4. The monoisotopic (exact) mass is 458 g/mol. The van der Waals surface area contributed by atoms with Crippen molar-refractivity contribution in [2.75, 3.05) is 13.9 Å². The smallest absolute Gasteiger partial charge is 0.335 e. The Kier molecular flexibility index (Phi) is 6.51. The first-order valence-electron chi connectivity index (χ1n) is 12.6. The number of benzene rings is 2. The first-order valence-corrected chi connectivity index (χ1v) is 12.6. The van der Waals surface area contributed by atoms with Crippen LogP contribution in [0.5, 0.6) is 0 Å². The van der Waals surface area contributed by atoms with Crippen LogP contribution in [0.25, 0.3) is 0 Å². The molecular weight excluding hydrogens is 424 g/mol. The molecule has 4 bridgehead atoms. The number of hydrogen-bond donors (Lipinski definition) is 1. The molecule has 0 radical (unpaired) electrons. The van der Waals surface area contributed by atoms with E-state index in [0.717, 1.165) is 35.3 Å². The van der Waals surface area contributed by atoms with Gasteiger partial charge in [0.2, 0.25) is 0 Å². The van der Waals surface area contributed by atoms with Crippen molar-refractivity contribution >= 4 is 5.97 Å². The number of aromatic carboxylic acids is 1. The quantitative estimate of drug-likeness (QED) is 0.389. The van der Waals surface area contributed by atoms with Crippen LogP contribution in [0.15, 0.2) is 42.5 Å². The SMILES string of the molecule is CCC(OCOC)c1ccc(C#Cc2ccc(C(=O)O)cc2)cc1C12CC3CC(CC(C3)C1)C2. The average molecular weight is 459 g/mol. The van der Waals surface area contributed by atoms with Crippen LogP contribution >= 0.6 is 0 Å². The molecule has 0 saturated heterocycles. The minimum absolute atomic E-state index is 0.0218. The van der Waals surface area contributed by atoms with E-state index >= 15 is 0 Å². The van der Waals surface area contributed by atoms with Gasteiger partial charge in [-0.25, -0.2) is 4.79 Å². The van der Waals surface area contributed by atoms with Crippen LogP contribution in [0.3, 0.4) is 0 Å². The van der Waals surface area contributed by atoms with Gasteiger partial charge >= 0.3 is 5.97 Å². The third-order valence-corrected chi connectivity index (χ3v) is 8.25. The van der Waals surface area contributed by atoms with E-state index in [-0.39, 0.29) is 17.1 Å². The molecule has 2 aromatic rings. The minimum atomic E-state index is -0.920. The lowest BCUT2D eigenvalue weighted by Crippen LogP contribution is -2.49. The Morgan fingerprint density at radius 2 is 1.59 bits per heavy atom. The van der Waals surface area contributed by atoms with Crippen LogP contribution in [-0.2, 0) is 14.9 Å². The summed E-state index contributed by atoms with van der Waals surface area (Å²) in [4.78, 5) is 11.1. The largest absolute Gasteiger partial charge is 0.478 e. The number of ether oxygens (including phenoxy) is 2. The number of rotatable bonds is 7. The highest BCUT2D eigenvalue weighted by atomic mass is 16.7. The molecule has 4 aliphatic carbocycles. The average Bonchev–Trinajstić information content (AvgIpc) is 2.83. The van der Waals surface area contributed by atoms with E-state index in [1.54, 1.807) is 31.4 Å². The molecule has 2 aromatic carbocycles. The summed E-state index contributed by atoms with van der Waals surface area (Å²) in [5, 5.41) is 9.12. The maximum Gasteiger partial charge on any atom is 0.335 e. The van der Waals surface area contributed by atoms with Gasteiger partial charge in [-0.05, 0) is 116 Å². The maximum atomic E-state index is 11.1. The van der Waals surface area contributed by atoms with Crippen LogP contribution in [-0.4, -0.2) is 25.0 Å². The zero-order valence-electron chi connectivity index (χ0n) is 20.2. The van der Waals surface area contributed by atoms with Gasteiger partial charge in [0.15, 0.2) is 0 Å². The normalized spacial score (nSPS) is 27.8. The summed E-state index contributed by atoms with van der Waals surface area (Å²) in [5.74, 6) is 8.25. The van der Waals surface area contributed by atoms with Crippen LogP contribution in [0.1, 0.15) is 90.6 Å². The Balaban J connectivity index is 1.51. The molecule has 178 valence electrons. The molecule has 0 aliphatic heterocycles. The maximum absolute atomic E-state index is 11.1. The van der Waals surface area contributed by atoms with Gasteiger partial charge in [0, 0.05) is 18.2 Å². The van der Waals surface area contributed by atoms with Gasteiger partial charge in [-0.15, -0.1) is 0 Å². The van der Waals surface area contributed by atoms with E-state index in [0.29, 0.717) is 6.79 Å². The van der Waals surface area contributed by atoms with Crippen LogP contribution in [0.2, 0.25) is 0 Å². The molecule has 34 heavy (non-hydrogen) atoms. The van der Waals surface area contributed by atoms with Crippen LogP contribution in [0.4, 0.5) is 0 Å². The van der Waals surface area contributed by atoms with Crippen molar-refractivity contribution in [1.29, 1.82) is 0 Å². The summed E-state index contributed by atoms with van der Waals surface area (Å²) in [7, 11) is 1.67. The highest BCUT2D eigenvalue weighted by Crippen LogP contribution is 2.61. The van der Waals surface area contributed by atoms with Gasteiger partial charge in [0.1, 0.15) is 6.79 Å². The Morgan fingerprint density at radius 1 is 1.00 bits per heavy atom. The topological polar surface area (TPSA) is 55.8 Å². The number of carboxylic acid groups (broad SMARTS) is 1. The Labute approximate surface area is 202 Å².